The number of anilines is 1. The zero-order valence-electron chi connectivity index (χ0n) is 15.1. The molecule has 0 aliphatic carbocycles. The van der Waals surface area contributed by atoms with Crippen molar-refractivity contribution in [2.45, 2.75) is 26.3 Å². The van der Waals surface area contributed by atoms with Gasteiger partial charge in [0.15, 0.2) is 6.61 Å². The first-order valence-corrected chi connectivity index (χ1v) is 8.30. The van der Waals surface area contributed by atoms with Crippen LogP contribution in [0.3, 0.4) is 0 Å². The lowest BCUT2D eigenvalue weighted by molar-refractivity contribution is -0.147. The topological polar surface area (TPSA) is 117 Å². The smallest absolute Gasteiger partial charge is 0.342 e. The Morgan fingerprint density at radius 2 is 1.92 bits per heavy atom. The van der Waals surface area contributed by atoms with Crippen molar-refractivity contribution in [2.75, 3.05) is 26.6 Å². The summed E-state index contributed by atoms with van der Waals surface area (Å²) in [7, 11) is 2.60. The van der Waals surface area contributed by atoms with E-state index in [0.29, 0.717) is 6.42 Å². The third-order valence-electron chi connectivity index (χ3n) is 3.86. The van der Waals surface area contributed by atoms with E-state index in [4.69, 9.17) is 26.8 Å². The van der Waals surface area contributed by atoms with Gasteiger partial charge in [-0.15, -0.1) is 0 Å². The van der Waals surface area contributed by atoms with Crippen LogP contribution in [-0.4, -0.2) is 44.7 Å². The van der Waals surface area contributed by atoms with Crippen LogP contribution >= 0.6 is 11.6 Å². The van der Waals surface area contributed by atoms with Gasteiger partial charge in [-0.25, -0.2) is 9.59 Å². The van der Waals surface area contributed by atoms with Crippen LogP contribution < -0.4 is 15.8 Å². The number of nitrogens with one attached hydrogen (secondary N) is 1. The van der Waals surface area contributed by atoms with Crippen molar-refractivity contribution >= 4 is 35.1 Å². The highest BCUT2D eigenvalue weighted by Crippen LogP contribution is 2.29. The number of ether oxygens (including phenoxy) is 3. The van der Waals surface area contributed by atoms with Crippen LogP contribution in [0.5, 0.6) is 5.75 Å². The van der Waals surface area contributed by atoms with E-state index < -0.39 is 30.5 Å². The Morgan fingerprint density at radius 3 is 2.46 bits per heavy atom. The summed E-state index contributed by atoms with van der Waals surface area (Å²) in [6, 6.07) is 1.86. The van der Waals surface area contributed by atoms with Crippen molar-refractivity contribution in [3.8, 4) is 5.75 Å². The molecular formula is C17H23ClN2O6. The lowest BCUT2D eigenvalue weighted by atomic mass is 9.99. The minimum absolute atomic E-state index is 0.0333. The van der Waals surface area contributed by atoms with Crippen LogP contribution in [0.4, 0.5) is 5.69 Å². The quantitative estimate of drug-likeness (QED) is 0.516. The number of esters is 2. The monoisotopic (exact) mass is 386 g/mol. The molecule has 0 aromatic heterocycles. The van der Waals surface area contributed by atoms with Crippen molar-refractivity contribution in [3.05, 3.63) is 22.7 Å². The summed E-state index contributed by atoms with van der Waals surface area (Å²) in [6.45, 7) is 3.10. The zero-order chi connectivity index (χ0) is 19.9. The maximum Gasteiger partial charge on any atom is 0.342 e. The Bertz CT molecular complexity index is 679. The molecule has 9 heteroatoms. The number of nitrogens with two attached hydrogens (primary N) is 1. The number of amides is 1. The fourth-order valence-corrected chi connectivity index (χ4v) is 2.28. The van der Waals surface area contributed by atoms with E-state index in [1.165, 1.54) is 26.4 Å². The van der Waals surface area contributed by atoms with Crippen LogP contribution in [-0.2, 0) is 19.1 Å². The maximum atomic E-state index is 12.2. The fraction of sp³-hybridized carbons (Fsp3) is 0.471. The minimum atomic E-state index is -0.822. The molecule has 0 fully saturated rings. The molecule has 3 N–H and O–H groups in total. The molecule has 1 aromatic carbocycles. The molecule has 1 amide bonds. The molecule has 0 radical (unpaired) electrons. The molecule has 0 aliphatic rings. The second-order valence-electron chi connectivity index (χ2n) is 5.60. The van der Waals surface area contributed by atoms with Crippen molar-refractivity contribution in [1.82, 2.24) is 5.32 Å². The van der Waals surface area contributed by atoms with E-state index >= 15 is 0 Å². The zero-order valence-corrected chi connectivity index (χ0v) is 15.9. The first-order chi connectivity index (χ1) is 12.2. The number of hydrogen-bond donors (Lipinski definition) is 2. The molecule has 0 bridgehead atoms. The number of nitrogen functional groups attached to an aromatic ring is 1. The molecule has 8 nitrogen and oxygen atoms in total. The SMILES string of the molecule is CC[C@@H](C)[C@H](NC(=O)COC(=O)c1cc(Cl)c(N)cc1OC)C(=O)OC. The lowest BCUT2D eigenvalue weighted by Gasteiger charge is -2.21. The van der Waals surface area contributed by atoms with Crippen LogP contribution in [0.1, 0.15) is 30.6 Å². The van der Waals surface area contributed by atoms with Crippen molar-refractivity contribution in [2.24, 2.45) is 5.92 Å². The van der Waals surface area contributed by atoms with Crippen LogP contribution in [0.15, 0.2) is 12.1 Å². The predicted octanol–water partition coefficient (Wildman–Crippen LogP) is 1.79. The van der Waals surface area contributed by atoms with Gasteiger partial charge in [0, 0.05) is 6.07 Å². The molecule has 1 aromatic rings. The normalized spacial score (nSPS) is 12.7. The van der Waals surface area contributed by atoms with Crippen LogP contribution in [0.25, 0.3) is 0 Å². The second-order valence-corrected chi connectivity index (χ2v) is 6.01. The summed E-state index contributed by atoms with van der Waals surface area (Å²) in [5.74, 6) is -1.97. The predicted molar refractivity (Wildman–Crippen MR) is 96.1 cm³/mol. The van der Waals surface area contributed by atoms with Gasteiger partial charge in [0.2, 0.25) is 0 Å². The van der Waals surface area contributed by atoms with Gasteiger partial charge in [-0.2, -0.15) is 0 Å². The van der Waals surface area contributed by atoms with E-state index in [1.54, 1.807) is 6.92 Å². The lowest BCUT2D eigenvalue weighted by Crippen LogP contribution is -2.47. The number of benzene rings is 1. The van der Waals surface area contributed by atoms with Crippen molar-refractivity contribution < 1.29 is 28.6 Å². The number of carbonyl (C=O) groups excluding carboxylic acids is 3. The van der Waals surface area contributed by atoms with Gasteiger partial charge in [-0.05, 0) is 12.0 Å². The molecule has 0 spiro atoms. The summed E-state index contributed by atoms with van der Waals surface area (Å²) >= 11 is 5.90. The first kappa shape index (κ1) is 21.6. The van der Waals surface area contributed by atoms with E-state index in [0.717, 1.165) is 0 Å². The molecule has 144 valence electrons. The van der Waals surface area contributed by atoms with Gasteiger partial charge in [-0.3, -0.25) is 4.79 Å². The average Bonchev–Trinajstić information content (AvgIpc) is 2.64. The van der Waals surface area contributed by atoms with Crippen molar-refractivity contribution in [1.29, 1.82) is 0 Å². The first-order valence-electron chi connectivity index (χ1n) is 7.92. The third-order valence-corrected chi connectivity index (χ3v) is 4.18. The average molecular weight is 387 g/mol. The van der Waals surface area contributed by atoms with Crippen LogP contribution in [0, 0.1) is 5.92 Å². The van der Waals surface area contributed by atoms with E-state index in [1.807, 2.05) is 6.92 Å². The minimum Gasteiger partial charge on any atom is -0.496 e. The largest absolute Gasteiger partial charge is 0.496 e. The molecular weight excluding hydrogens is 364 g/mol. The van der Waals surface area contributed by atoms with E-state index in [9.17, 15) is 14.4 Å². The van der Waals surface area contributed by atoms with E-state index in [2.05, 4.69) is 10.1 Å². The van der Waals surface area contributed by atoms with Gasteiger partial charge in [0.05, 0.1) is 24.9 Å². The molecule has 1 rings (SSSR count). The summed E-state index contributed by atoms with van der Waals surface area (Å²) < 4.78 is 14.7. The summed E-state index contributed by atoms with van der Waals surface area (Å²) in [5.41, 5.74) is 5.93. The van der Waals surface area contributed by atoms with E-state index in [-0.39, 0.29) is 27.9 Å². The highest BCUT2D eigenvalue weighted by Gasteiger charge is 2.27. The molecule has 0 saturated heterocycles. The fourth-order valence-electron chi connectivity index (χ4n) is 2.12. The van der Waals surface area contributed by atoms with Crippen molar-refractivity contribution in [3.63, 3.8) is 0 Å². The standard InChI is InChI=1S/C17H23ClN2O6/c1-5-9(2)15(17(23)25-4)20-14(21)8-26-16(22)10-6-11(18)12(19)7-13(10)24-3/h6-7,9,15H,5,8,19H2,1-4H3,(H,20,21)/t9-,15+/m1/s1. The molecule has 2 atom stereocenters. The second kappa shape index (κ2) is 9.86. The Labute approximate surface area is 156 Å². The van der Waals surface area contributed by atoms with Gasteiger partial charge in [0.1, 0.15) is 17.4 Å². The molecule has 0 saturated carbocycles. The summed E-state index contributed by atoms with van der Waals surface area (Å²) in [6.07, 6.45) is 0.654. The third kappa shape index (κ3) is 5.52. The highest BCUT2D eigenvalue weighted by molar-refractivity contribution is 6.33. The number of carbonyl (C=O) groups is 3. The van der Waals surface area contributed by atoms with Crippen LogP contribution in [0.2, 0.25) is 5.02 Å². The van der Waals surface area contributed by atoms with Gasteiger partial charge < -0.3 is 25.3 Å². The Balaban J connectivity index is 2.76. The van der Waals surface area contributed by atoms with Gasteiger partial charge >= 0.3 is 11.9 Å². The Kier molecular flexibility index (Phi) is 8.18. The molecule has 0 unspecified atom stereocenters. The van der Waals surface area contributed by atoms with Gasteiger partial charge in [0.25, 0.3) is 5.91 Å². The maximum absolute atomic E-state index is 12.2. The number of methoxy groups -OCH3 is 2. The summed E-state index contributed by atoms with van der Waals surface area (Å²) in [5, 5.41) is 2.66. The Morgan fingerprint density at radius 1 is 1.27 bits per heavy atom. The number of hydrogen-bond acceptors (Lipinski definition) is 7. The van der Waals surface area contributed by atoms with Gasteiger partial charge in [-0.1, -0.05) is 31.9 Å². The highest BCUT2D eigenvalue weighted by atomic mass is 35.5. The molecule has 0 aliphatic heterocycles. The number of halogens is 1. The number of rotatable bonds is 8. The summed E-state index contributed by atoms with van der Waals surface area (Å²) in [4.78, 5) is 36.0. The molecule has 26 heavy (non-hydrogen) atoms. The Hall–Kier alpha value is -2.48. The molecule has 0 heterocycles.